The van der Waals surface area contributed by atoms with Crippen molar-refractivity contribution >= 4 is 20.0 Å². The van der Waals surface area contributed by atoms with E-state index in [1.807, 2.05) is 0 Å². The van der Waals surface area contributed by atoms with E-state index in [9.17, 15) is 16.8 Å². The lowest BCUT2D eigenvalue weighted by atomic mass is 10.7. The van der Waals surface area contributed by atoms with E-state index in [0.29, 0.717) is 13.2 Å². The predicted octanol–water partition coefficient (Wildman–Crippen LogP) is -2.09. The maximum absolute atomic E-state index is 11.6. The van der Waals surface area contributed by atoms with Crippen molar-refractivity contribution in [2.45, 2.75) is 0 Å². The Labute approximate surface area is 143 Å². The van der Waals surface area contributed by atoms with Gasteiger partial charge in [-0.25, -0.2) is 26.3 Å². The Kier molecular flexibility index (Phi) is 10.9. The average molecular weight is 390 g/mol. The van der Waals surface area contributed by atoms with E-state index in [2.05, 4.69) is 9.44 Å². The molecule has 0 amide bonds. The van der Waals surface area contributed by atoms with E-state index in [1.54, 1.807) is 0 Å². The Morgan fingerprint density at radius 1 is 0.500 bits per heavy atom. The number of hydrogen-bond acceptors (Lipinski definition) is 8. The van der Waals surface area contributed by atoms with E-state index < -0.39 is 20.0 Å². The van der Waals surface area contributed by atoms with E-state index in [4.69, 9.17) is 18.9 Å². The van der Waals surface area contributed by atoms with Crippen molar-refractivity contribution in [3.63, 3.8) is 0 Å². The van der Waals surface area contributed by atoms with Gasteiger partial charge in [0.25, 0.3) is 0 Å². The van der Waals surface area contributed by atoms with Crippen molar-refractivity contribution in [2.75, 3.05) is 77.5 Å². The van der Waals surface area contributed by atoms with Crippen LogP contribution in [0.4, 0.5) is 0 Å². The molecule has 10 nitrogen and oxygen atoms in total. The monoisotopic (exact) mass is 390 g/mol. The Balaban J connectivity index is 2.35. The van der Waals surface area contributed by atoms with Gasteiger partial charge in [0.05, 0.1) is 64.4 Å². The van der Waals surface area contributed by atoms with Gasteiger partial charge >= 0.3 is 0 Å². The van der Waals surface area contributed by atoms with Crippen molar-refractivity contribution in [1.29, 1.82) is 0 Å². The summed E-state index contributed by atoms with van der Waals surface area (Å²) in [5, 5.41) is 0. The SMILES string of the molecule is O=S1(=O)CCOCCOCCS(=O)(=O)NCCOCCOCCN1. The van der Waals surface area contributed by atoms with E-state index in [1.165, 1.54) is 0 Å². The summed E-state index contributed by atoms with van der Waals surface area (Å²) in [6.07, 6.45) is 0. The molecule has 0 atom stereocenters. The topological polar surface area (TPSA) is 129 Å². The second kappa shape index (κ2) is 12.1. The Hall–Kier alpha value is -0.340. The maximum atomic E-state index is 11.6. The lowest BCUT2D eigenvalue weighted by molar-refractivity contribution is 0.0518. The average Bonchev–Trinajstić information content (AvgIpc) is 2.50. The number of nitrogens with one attached hydrogen (secondary N) is 2. The van der Waals surface area contributed by atoms with Crippen LogP contribution in [-0.4, -0.2) is 94.3 Å². The van der Waals surface area contributed by atoms with Gasteiger partial charge in [0, 0.05) is 13.1 Å². The highest BCUT2D eigenvalue weighted by atomic mass is 32.2. The van der Waals surface area contributed by atoms with Gasteiger partial charge in [-0.3, -0.25) is 0 Å². The molecule has 1 heterocycles. The molecule has 0 bridgehead atoms. The van der Waals surface area contributed by atoms with Gasteiger partial charge in [0.1, 0.15) is 0 Å². The molecule has 1 fully saturated rings. The first-order valence-corrected chi connectivity index (χ1v) is 11.0. The summed E-state index contributed by atoms with van der Waals surface area (Å²) < 4.78 is 72.1. The Bertz CT molecular complexity index is 475. The molecule has 0 saturated carbocycles. The lowest BCUT2D eigenvalue weighted by Crippen LogP contribution is -2.32. The first-order chi connectivity index (χ1) is 11.4. The third-order valence-electron chi connectivity index (χ3n) is 2.87. The Morgan fingerprint density at radius 3 is 1.21 bits per heavy atom. The largest absolute Gasteiger partial charge is 0.378 e. The summed E-state index contributed by atoms with van der Waals surface area (Å²) in [6.45, 7) is 1.85. The van der Waals surface area contributed by atoms with Crippen LogP contribution in [0, 0.1) is 0 Å². The number of ether oxygens (including phenoxy) is 4. The molecule has 1 aliphatic rings. The second-order valence-electron chi connectivity index (χ2n) is 4.88. The standard InChI is InChI=1S/C12H26N2O8S2/c15-23(16)11-9-21-7-8-22-10-12-24(17,18)14-2-4-20-6-5-19-3-1-13-23/h13-14H,1-12H2. The van der Waals surface area contributed by atoms with E-state index >= 15 is 0 Å². The fourth-order valence-electron chi connectivity index (χ4n) is 1.66. The van der Waals surface area contributed by atoms with Crippen LogP contribution in [0.2, 0.25) is 0 Å². The van der Waals surface area contributed by atoms with Crippen LogP contribution in [0.1, 0.15) is 0 Å². The van der Waals surface area contributed by atoms with Crippen molar-refractivity contribution in [3.8, 4) is 0 Å². The zero-order chi connectivity index (χ0) is 17.7. The number of hydrogen-bond donors (Lipinski definition) is 2. The first kappa shape index (κ1) is 21.7. The molecule has 2 N–H and O–H groups in total. The molecule has 0 unspecified atom stereocenters. The van der Waals surface area contributed by atoms with Crippen LogP contribution in [0.25, 0.3) is 0 Å². The minimum Gasteiger partial charge on any atom is -0.378 e. The summed E-state index contributed by atoms with van der Waals surface area (Å²) in [5.41, 5.74) is 0. The van der Waals surface area contributed by atoms with Crippen molar-refractivity contribution in [2.24, 2.45) is 0 Å². The van der Waals surface area contributed by atoms with Gasteiger partial charge in [-0.1, -0.05) is 0 Å². The predicted molar refractivity (Wildman–Crippen MR) is 86.9 cm³/mol. The molecule has 1 saturated heterocycles. The quantitative estimate of drug-likeness (QED) is 0.481. The van der Waals surface area contributed by atoms with Gasteiger partial charge in [-0.05, 0) is 0 Å². The Morgan fingerprint density at radius 2 is 0.833 bits per heavy atom. The van der Waals surface area contributed by atoms with Crippen LogP contribution >= 0.6 is 0 Å². The zero-order valence-corrected chi connectivity index (χ0v) is 15.2. The van der Waals surface area contributed by atoms with Crippen LogP contribution in [0.15, 0.2) is 0 Å². The summed E-state index contributed by atoms with van der Waals surface area (Å²) >= 11 is 0. The minimum atomic E-state index is -3.40. The summed E-state index contributed by atoms with van der Waals surface area (Å²) in [4.78, 5) is 0. The normalized spacial score (nSPS) is 26.3. The van der Waals surface area contributed by atoms with Crippen LogP contribution in [0.5, 0.6) is 0 Å². The molecule has 1 rings (SSSR count). The van der Waals surface area contributed by atoms with Crippen molar-refractivity contribution in [1.82, 2.24) is 9.44 Å². The second-order valence-corrected chi connectivity index (χ2v) is 8.73. The maximum Gasteiger partial charge on any atom is 0.213 e. The summed E-state index contributed by atoms with van der Waals surface area (Å²) in [6, 6.07) is 0. The van der Waals surface area contributed by atoms with Gasteiger partial charge in [0.15, 0.2) is 0 Å². The molecule has 24 heavy (non-hydrogen) atoms. The number of rotatable bonds is 0. The molecule has 0 spiro atoms. The van der Waals surface area contributed by atoms with Gasteiger partial charge < -0.3 is 18.9 Å². The molecule has 1 aliphatic heterocycles. The highest BCUT2D eigenvalue weighted by Gasteiger charge is 2.11. The van der Waals surface area contributed by atoms with Crippen molar-refractivity contribution < 1.29 is 35.8 Å². The van der Waals surface area contributed by atoms with Gasteiger partial charge in [-0.15, -0.1) is 0 Å². The fraction of sp³-hybridized carbons (Fsp3) is 1.00. The molecule has 0 aromatic rings. The molecule has 12 heteroatoms. The molecular weight excluding hydrogens is 364 g/mol. The summed E-state index contributed by atoms with van der Waals surface area (Å²) in [7, 11) is -6.80. The van der Waals surface area contributed by atoms with Crippen LogP contribution < -0.4 is 9.44 Å². The smallest absolute Gasteiger partial charge is 0.213 e. The van der Waals surface area contributed by atoms with E-state index in [0.717, 1.165) is 0 Å². The zero-order valence-electron chi connectivity index (χ0n) is 13.6. The molecule has 144 valence electrons. The molecule has 0 radical (unpaired) electrons. The van der Waals surface area contributed by atoms with Gasteiger partial charge in [0.2, 0.25) is 20.0 Å². The van der Waals surface area contributed by atoms with Crippen LogP contribution in [0.3, 0.4) is 0 Å². The molecule has 0 aromatic heterocycles. The first-order valence-electron chi connectivity index (χ1n) is 7.67. The fourth-order valence-corrected chi connectivity index (χ4v) is 3.42. The summed E-state index contributed by atoms with van der Waals surface area (Å²) in [5.74, 6) is -0.317. The van der Waals surface area contributed by atoms with Gasteiger partial charge in [-0.2, -0.15) is 0 Å². The third kappa shape index (κ3) is 12.1. The van der Waals surface area contributed by atoms with Crippen LogP contribution in [-0.2, 0) is 39.0 Å². The molecule has 0 aliphatic carbocycles. The third-order valence-corrected chi connectivity index (χ3v) is 5.57. The number of sulfonamides is 2. The van der Waals surface area contributed by atoms with Crippen molar-refractivity contribution in [3.05, 3.63) is 0 Å². The minimum absolute atomic E-state index is 0.0350. The lowest BCUT2D eigenvalue weighted by Gasteiger charge is -2.10. The molecule has 0 aromatic carbocycles. The highest BCUT2D eigenvalue weighted by molar-refractivity contribution is 7.89. The van der Waals surface area contributed by atoms with E-state index in [-0.39, 0.29) is 64.2 Å². The highest BCUT2D eigenvalue weighted by Crippen LogP contribution is 1.90. The molecular formula is C12H26N2O8S2.